The number of nitrogens with one attached hydrogen (secondary N) is 1. The SMILES string of the molecule is CCOC(=O)[C@H]1[C@H]2C(=O)N([C@@H](CO)C(C)C)C(C(=O)Nc3ccc(Cl)cc3)C23CC[C@]1(CC)O3. The number of rotatable bonds is 8. The lowest BCUT2D eigenvalue weighted by atomic mass is 9.65. The van der Waals surface area contributed by atoms with Crippen molar-refractivity contribution in [2.24, 2.45) is 17.8 Å². The van der Waals surface area contributed by atoms with Crippen LogP contribution < -0.4 is 5.32 Å². The number of aliphatic hydroxyl groups excluding tert-OH is 1. The first-order valence-electron chi connectivity index (χ1n) is 12.0. The molecule has 9 heteroatoms. The smallest absolute Gasteiger partial charge is 0.312 e. The van der Waals surface area contributed by atoms with E-state index in [0.29, 0.717) is 30.0 Å². The maximum absolute atomic E-state index is 14.0. The first-order valence-corrected chi connectivity index (χ1v) is 12.4. The van der Waals surface area contributed by atoms with E-state index in [1.807, 2.05) is 20.8 Å². The minimum Gasteiger partial charge on any atom is -0.466 e. The van der Waals surface area contributed by atoms with Crippen molar-refractivity contribution < 1.29 is 29.0 Å². The van der Waals surface area contributed by atoms with Crippen LogP contribution in [-0.2, 0) is 23.9 Å². The minimum atomic E-state index is -1.16. The lowest BCUT2D eigenvalue weighted by Crippen LogP contribution is -2.57. The summed E-state index contributed by atoms with van der Waals surface area (Å²) >= 11 is 5.98. The molecule has 2 bridgehead atoms. The fraction of sp³-hybridized carbons (Fsp3) is 0.640. The third-order valence-corrected chi connectivity index (χ3v) is 8.09. The van der Waals surface area contributed by atoms with E-state index in [1.165, 1.54) is 4.90 Å². The maximum atomic E-state index is 14.0. The number of fused-ring (bicyclic) bond motifs is 1. The number of hydrogen-bond acceptors (Lipinski definition) is 6. The molecule has 0 aliphatic carbocycles. The van der Waals surface area contributed by atoms with E-state index in [1.54, 1.807) is 31.2 Å². The quantitative estimate of drug-likeness (QED) is 0.540. The standard InChI is InChI=1S/C25H33ClN2O6/c1-5-24-11-12-25(34-24)18(19(24)23(32)33-6-2)22(31)28(17(13-29)14(3)4)20(25)21(30)27-16-9-7-15(26)8-10-16/h7-10,14,17-20,29H,5-6,11-13H2,1-4H3,(H,27,30)/t17-,18-,19+,20?,24-,25?/m0/s1. The summed E-state index contributed by atoms with van der Waals surface area (Å²) in [5.74, 6) is -2.96. The van der Waals surface area contributed by atoms with Crippen LogP contribution in [0.2, 0.25) is 5.02 Å². The highest BCUT2D eigenvalue weighted by molar-refractivity contribution is 6.30. The topological polar surface area (TPSA) is 105 Å². The Morgan fingerprint density at radius 1 is 1.26 bits per heavy atom. The van der Waals surface area contributed by atoms with E-state index in [-0.39, 0.29) is 25.0 Å². The van der Waals surface area contributed by atoms with Crippen molar-refractivity contribution in [2.75, 3.05) is 18.5 Å². The van der Waals surface area contributed by atoms with Crippen LogP contribution in [0.4, 0.5) is 5.69 Å². The van der Waals surface area contributed by atoms with Crippen molar-refractivity contribution in [3.05, 3.63) is 29.3 Å². The Morgan fingerprint density at radius 3 is 2.50 bits per heavy atom. The van der Waals surface area contributed by atoms with Crippen LogP contribution in [0.15, 0.2) is 24.3 Å². The van der Waals surface area contributed by atoms with Gasteiger partial charge in [0.1, 0.15) is 17.6 Å². The summed E-state index contributed by atoms with van der Waals surface area (Å²) < 4.78 is 12.0. The summed E-state index contributed by atoms with van der Waals surface area (Å²) in [6.45, 7) is 7.33. The highest BCUT2D eigenvalue weighted by Crippen LogP contribution is 2.64. The Balaban J connectivity index is 1.80. The molecule has 0 radical (unpaired) electrons. The van der Waals surface area contributed by atoms with Crippen molar-refractivity contribution >= 4 is 35.1 Å². The van der Waals surface area contributed by atoms with Gasteiger partial charge in [-0.3, -0.25) is 14.4 Å². The molecule has 1 aromatic carbocycles. The Hall–Kier alpha value is -2.16. The summed E-state index contributed by atoms with van der Waals surface area (Å²) in [5, 5.41) is 13.6. The summed E-state index contributed by atoms with van der Waals surface area (Å²) in [4.78, 5) is 42.4. The van der Waals surface area contributed by atoms with E-state index in [2.05, 4.69) is 5.32 Å². The molecular formula is C25H33ClN2O6. The Bertz CT molecular complexity index is 969. The van der Waals surface area contributed by atoms with Crippen LogP contribution in [0.25, 0.3) is 0 Å². The van der Waals surface area contributed by atoms with Crippen LogP contribution in [0.3, 0.4) is 0 Å². The molecule has 3 aliphatic heterocycles. The van der Waals surface area contributed by atoms with Gasteiger partial charge in [0.05, 0.1) is 30.8 Å². The molecule has 3 aliphatic rings. The summed E-state index contributed by atoms with van der Waals surface area (Å²) in [5.41, 5.74) is -1.47. The number of nitrogens with zero attached hydrogens (tertiary/aromatic N) is 1. The average molecular weight is 493 g/mol. The summed E-state index contributed by atoms with van der Waals surface area (Å²) in [6, 6.07) is 5.11. The molecule has 3 saturated heterocycles. The van der Waals surface area contributed by atoms with E-state index in [0.717, 1.165) is 0 Å². The molecule has 0 aromatic heterocycles. The highest BCUT2D eigenvalue weighted by atomic mass is 35.5. The number of benzene rings is 1. The second-order valence-electron chi connectivity index (χ2n) is 9.82. The van der Waals surface area contributed by atoms with Gasteiger partial charge < -0.3 is 24.8 Å². The molecule has 1 aromatic rings. The van der Waals surface area contributed by atoms with E-state index < -0.39 is 47.0 Å². The van der Waals surface area contributed by atoms with E-state index >= 15 is 0 Å². The van der Waals surface area contributed by atoms with Gasteiger partial charge in [0.25, 0.3) is 0 Å². The number of amides is 2. The molecule has 2 N–H and O–H groups in total. The lowest BCUT2D eigenvalue weighted by molar-refractivity contribution is -0.161. The Kier molecular flexibility index (Phi) is 6.70. The molecule has 186 valence electrons. The first-order chi connectivity index (χ1) is 16.2. The fourth-order valence-electron chi connectivity index (χ4n) is 6.27. The van der Waals surface area contributed by atoms with Crippen LogP contribution in [-0.4, -0.2) is 64.3 Å². The highest BCUT2D eigenvalue weighted by Gasteiger charge is 2.79. The molecule has 1 spiro atoms. The number of esters is 1. The number of likely N-dealkylation sites (tertiary alicyclic amines) is 1. The summed E-state index contributed by atoms with van der Waals surface area (Å²) in [6.07, 6.45) is 1.56. The number of anilines is 1. The van der Waals surface area contributed by atoms with Gasteiger partial charge in [0.15, 0.2) is 0 Å². The molecule has 3 heterocycles. The number of carbonyl (C=O) groups is 3. The van der Waals surface area contributed by atoms with Crippen LogP contribution in [0.5, 0.6) is 0 Å². The summed E-state index contributed by atoms with van der Waals surface area (Å²) in [7, 11) is 0. The van der Waals surface area contributed by atoms with Crippen molar-refractivity contribution in [2.45, 2.75) is 70.2 Å². The predicted octanol–water partition coefficient (Wildman–Crippen LogP) is 3.01. The van der Waals surface area contributed by atoms with Crippen LogP contribution >= 0.6 is 11.6 Å². The first kappa shape index (κ1) is 24.9. The number of ether oxygens (including phenoxy) is 2. The second-order valence-corrected chi connectivity index (χ2v) is 10.3. The number of hydrogen-bond donors (Lipinski definition) is 2. The third-order valence-electron chi connectivity index (χ3n) is 7.83. The molecule has 0 saturated carbocycles. The van der Waals surface area contributed by atoms with Gasteiger partial charge in [-0.05, 0) is 56.4 Å². The van der Waals surface area contributed by atoms with E-state index in [9.17, 15) is 19.5 Å². The number of aliphatic hydroxyl groups is 1. The monoisotopic (exact) mass is 492 g/mol. The minimum absolute atomic E-state index is 0.117. The van der Waals surface area contributed by atoms with Gasteiger partial charge in [0.2, 0.25) is 11.8 Å². The van der Waals surface area contributed by atoms with Gasteiger partial charge in [-0.2, -0.15) is 0 Å². The maximum Gasteiger partial charge on any atom is 0.312 e. The zero-order valence-electron chi connectivity index (χ0n) is 20.0. The van der Waals surface area contributed by atoms with Gasteiger partial charge >= 0.3 is 5.97 Å². The Morgan fingerprint density at radius 2 is 1.94 bits per heavy atom. The molecule has 34 heavy (non-hydrogen) atoms. The van der Waals surface area contributed by atoms with Crippen LogP contribution in [0.1, 0.15) is 47.0 Å². The average Bonchev–Trinajstić information content (AvgIpc) is 3.40. The fourth-order valence-corrected chi connectivity index (χ4v) is 6.39. The van der Waals surface area contributed by atoms with Gasteiger partial charge in [0, 0.05) is 10.7 Å². The second kappa shape index (κ2) is 9.13. The van der Waals surface area contributed by atoms with Gasteiger partial charge in [-0.1, -0.05) is 32.4 Å². The molecule has 8 nitrogen and oxygen atoms in total. The van der Waals surface area contributed by atoms with Crippen molar-refractivity contribution in [1.82, 2.24) is 4.90 Å². The van der Waals surface area contributed by atoms with Crippen molar-refractivity contribution in [3.8, 4) is 0 Å². The van der Waals surface area contributed by atoms with Gasteiger partial charge in [-0.25, -0.2) is 0 Å². The van der Waals surface area contributed by atoms with Gasteiger partial charge in [-0.15, -0.1) is 0 Å². The molecule has 2 unspecified atom stereocenters. The van der Waals surface area contributed by atoms with Crippen molar-refractivity contribution in [1.29, 1.82) is 0 Å². The Labute approximate surface area is 204 Å². The molecule has 3 fully saturated rings. The van der Waals surface area contributed by atoms with Crippen molar-refractivity contribution in [3.63, 3.8) is 0 Å². The molecule has 6 atom stereocenters. The van der Waals surface area contributed by atoms with E-state index in [4.69, 9.17) is 21.1 Å². The number of halogens is 1. The zero-order valence-corrected chi connectivity index (χ0v) is 20.8. The third kappa shape index (κ3) is 3.62. The lowest BCUT2D eigenvalue weighted by Gasteiger charge is -2.38. The normalized spacial score (nSPS) is 32.7. The molecule has 4 rings (SSSR count). The zero-order chi connectivity index (χ0) is 24.8. The molecular weight excluding hydrogens is 460 g/mol. The largest absolute Gasteiger partial charge is 0.466 e. The molecule has 2 amide bonds. The number of carbonyl (C=O) groups excluding carboxylic acids is 3. The van der Waals surface area contributed by atoms with Crippen LogP contribution in [0, 0.1) is 17.8 Å². The predicted molar refractivity (Wildman–Crippen MR) is 126 cm³/mol.